The maximum Gasteiger partial charge on any atom is 0.0828 e. The number of hydrogen-bond acceptors (Lipinski definition) is 4. The molecule has 0 spiro atoms. The molecular weight excluding hydrogens is 416 g/mol. The molecule has 4 nitrogen and oxygen atoms in total. The molecule has 1 aromatic carbocycles. The van der Waals surface area contributed by atoms with Crippen LogP contribution < -0.4 is 5.32 Å². The third-order valence-electron chi connectivity index (χ3n) is 4.85. The summed E-state index contributed by atoms with van der Waals surface area (Å²) in [4.78, 5) is 4.22. The van der Waals surface area contributed by atoms with Gasteiger partial charge in [0, 0.05) is 50.7 Å². The lowest BCUT2D eigenvalue weighted by Gasteiger charge is -2.34. The molecule has 0 aliphatic heterocycles. The van der Waals surface area contributed by atoms with Crippen LogP contribution in [0.4, 0.5) is 0 Å². The third-order valence-corrected chi connectivity index (χ3v) is 5.10. The Labute approximate surface area is 200 Å². The van der Waals surface area contributed by atoms with Crippen LogP contribution in [0, 0.1) is 5.41 Å². The Balaban J connectivity index is 3.70. The van der Waals surface area contributed by atoms with Crippen molar-refractivity contribution in [1.82, 2.24) is 15.1 Å². The lowest BCUT2D eigenvalue weighted by molar-refractivity contribution is 0.353. The van der Waals surface area contributed by atoms with Gasteiger partial charge in [0.25, 0.3) is 0 Å². The molecule has 0 amide bonds. The Morgan fingerprint density at radius 2 is 1.84 bits per heavy atom. The monoisotopic (exact) mass is 454 g/mol. The summed E-state index contributed by atoms with van der Waals surface area (Å²) in [5.41, 5.74) is 4.51. The van der Waals surface area contributed by atoms with Crippen molar-refractivity contribution < 1.29 is 0 Å². The van der Waals surface area contributed by atoms with Gasteiger partial charge in [0.2, 0.25) is 0 Å². The Bertz CT molecular complexity index is 860. The largest absolute Gasteiger partial charge is 0.391 e. The molecule has 1 rings (SSSR count). The zero-order chi connectivity index (χ0) is 24.1. The highest BCUT2D eigenvalue weighted by atomic mass is 35.5. The van der Waals surface area contributed by atoms with E-state index in [0.717, 1.165) is 41.8 Å². The molecule has 0 heterocycles. The Morgan fingerprint density at radius 1 is 1.19 bits per heavy atom. The molecule has 0 aromatic heterocycles. The first-order chi connectivity index (χ1) is 15.2. The number of rotatable bonds is 13. The van der Waals surface area contributed by atoms with Crippen LogP contribution in [0.3, 0.4) is 0 Å². The predicted octanol–water partition coefficient (Wildman–Crippen LogP) is 6.72. The molecule has 5 heteroatoms. The summed E-state index contributed by atoms with van der Waals surface area (Å²) in [7, 11) is 6.08. The maximum atomic E-state index is 8.85. The molecule has 0 saturated carbocycles. The van der Waals surface area contributed by atoms with Crippen molar-refractivity contribution in [3.8, 4) is 0 Å². The lowest BCUT2D eigenvalue weighted by Crippen LogP contribution is -2.29. The van der Waals surface area contributed by atoms with Crippen molar-refractivity contribution in [3.63, 3.8) is 0 Å². The van der Waals surface area contributed by atoms with Gasteiger partial charge in [-0.25, -0.2) is 0 Å². The van der Waals surface area contributed by atoms with Crippen LogP contribution in [-0.4, -0.2) is 43.2 Å². The van der Waals surface area contributed by atoms with Crippen LogP contribution in [0.1, 0.15) is 45.2 Å². The van der Waals surface area contributed by atoms with E-state index in [1.807, 2.05) is 74.6 Å². The van der Waals surface area contributed by atoms with E-state index in [-0.39, 0.29) is 6.04 Å². The highest BCUT2D eigenvalue weighted by Crippen LogP contribution is 2.33. The maximum absolute atomic E-state index is 8.85. The number of benzene rings is 1. The lowest BCUT2D eigenvalue weighted by atomic mass is 9.93. The fourth-order valence-electron chi connectivity index (χ4n) is 3.16. The minimum atomic E-state index is -0.189. The van der Waals surface area contributed by atoms with Crippen LogP contribution in [0.2, 0.25) is 5.02 Å². The molecular formula is C27H39ClN4. The van der Waals surface area contributed by atoms with E-state index in [9.17, 15) is 0 Å². The number of likely N-dealkylation sites (N-methyl/N-ethyl adjacent to an activating group) is 1. The first-order valence-corrected chi connectivity index (χ1v) is 11.5. The van der Waals surface area contributed by atoms with Crippen LogP contribution in [0.25, 0.3) is 0 Å². The highest BCUT2D eigenvalue weighted by molar-refractivity contribution is 6.30. The Hall–Kier alpha value is -2.72. The van der Waals surface area contributed by atoms with Crippen LogP contribution in [0.15, 0.2) is 84.4 Å². The number of allylic oxidation sites excluding steroid dienone is 5. The van der Waals surface area contributed by atoms with E-state index >= 15 is 0 Å². The average molecular weight is 455 g/mol. The van der Waals surface area contributed by atoms with Crippen molar-refractivity contribution >= 4 is 17.3 Å². The number of nitrogens with one attached hydrogen (secondary N) is 2. The summed E-state index contributed by atoms with van der Waals surface area (Å²) in [6.45, 7) is 11.0. The van der Waals surface area contributed by atoms with Gasteiger partial charge in [-0.1, -0.05) is 56.3 Å². The van der Waals surface area contributed by atoms with Gasteiger partial charge in [-0.3, -0.25) is 0 Å². The first kappa shape index (κ1) is 27.3. The van der Waals surface area contributed by atoms with Crippen LogP contribution in [-0.2, 0) is 0 Å². The normalized spacial score (nSPS) is 13.8. The van der Waals surface area contributed by atoms with Crippen molar-refractivity contribution in [2.24, 2.45) is 0 Å². The smallest absolute Gasteiger partial charge is 0.0828 e. The van der Waals surface area contributed by atoms with E-state index < -0.39 is 0 Å². The van der Waals surface area contributed by atoms with Crippen molar-refractivity contribution in [3.05, 3.63) is 95.0 Å². The van der Waals surface area contributed by atoms with Gasteiger partial charge in [-0.15, -0.1) is 0 Å². The molecule has 0 fully saturated rings. The summed E-state index contributed by atoms with van der Waals surface area (Å²) in [5, 5.41) is 12.9. The van der Waals surface area contributed by atoms with Gasteiger partial charge in [-0.05, 0) is 55.2 Å². The van der Waals surface area contributed by atoms with Crippen LogP contribution in [0.5, 0.6) is 0 Å². The summed E-state index contributed by atoms with van der Waals surface area (Å²) >= 11 is 6.20. The standard InChI is InChI=1S/C27H39ClN4/c1-8-11-12-26(29)25(19-30-17-9-2)27(22-13-15-23(28)16-14-22)32(7)24(20-31(5)6)18-21(4)10-3/h10-16,18-20,27,29-30H,3,8-9,17H2,1-2,4-7H3/b12-11-,21-18-,24-20+,25-19+,29-26?. The molecule has 174 valence electrons. The summed E-state index contributed by atoms with van der Waals surface area (Å²) in [6, 6.07) is 7.68. The number of nitrogens with zero attached hydrogens (tertiary/aromatic N) is 2. The Kier molecular flexibility index (Phi) is 12.3. The summed E-state index contributed by atoms with van der Waals surface area (Å²) in [5.74, 6) is 0. The van der Waals surface area contributed by atoms with Gasteiger partial charge in [0.1, 0.15) is 0 Å². The SMILES string of the molecule is C=C/C(C)=C\C(=C/N(C)C)N(C)C(/C(=C/NCCC)C(=N)/C=C\CC)c1ccc(Cl)cc1. The van der Waals surface area contributed by atoms with E-state index in [0.29, 0.717) is 10.7 Å². The van der Waals surface area contributed by atoms with Gasteiger partial charge in [0.15, 0.2) is 0 Å². The number of hydrogen-bond donors (Lipinski definition) is 2. The fraction of sp³-hybridized carbons (Fsp3) is 0.370. The first-order valence-electron chi connectivity index (χ1n) is 11.1. The summed E-state index contributed by atoms with van der Waals surface area (Å²) in [6.07, 6.45) is 13.8. The molecule has 0 saturated heterocycles. The molecule has 1 aromatic rings. The van der Waals surface area contributed by atoms with Gasteiger partial charge >= 0.3 is 0 Å². The van der Waals surface area contributed by atoms with E-state index in [2.05, 4.69) is 50.0 Å². The highest BCUT2D eigenvalue weighted by Gasteiger charge is 2.25. The molecule has 0 bridgehead atoms. The topological polar surface area (TPSA) is 42.4 Å². The van der Waals surface area contributed by atoms with E-state index in [1.54, 1.807) is 0 Å². The zero-order valence-corrected chi connectivity index (χ0v) is 21.2. The minimum Gasteiger partial charge on any atom is -0.391 e. The molecule has 1 atom stereocenters. The second kappa shape index (κ2) is 14.4. The van der Waals surface area contributed by atoms with Crippen molar-refractivity contribution in [2.75, 3.05) is 27.7 Å². The molecule has 0 aliphatic rings. The number of halogens is 1. The molecule has 32 heavy (non-hydrogen) atoms. The summed E-state index contributed by atoms with van der Waals surface area (Å²) < 4.78 is 0. The molecule has 0 radical (unpaired) electrons. The molecule has 1 unspecified atom stereocenters. The second-order valence-electron chi connectivity index (χ2n) is 7.95. The predicted molar refractivity (Wildman–Crippen MR) is 141 cm³/mol. The zero-order valence-electron chi connectivity index (χ0n) is 20.5. The van der Waals surface area contributed by atoms with Gasteiger partial charge in [0.05, 0.1) is 17.5 Å². The van der Waals surface area contributed by atoms with Crippen molar-refractivity contribution in [1.29, 1.82) is 5.41 Å². The Morgan fingerprint density at radius 3 is 2.38 bits per heavy atom. The van der Waals surface area contributed by atoms with E-state index in [1.165, 1.54) is 0 Å². The molecule has 0 aliphatic carbocycles. The van der Waals surface area contributed by atoms with Crippen LogP contribution >= 0.6 is 11.6 Å². The fourth-order valence-corrected chi connectivity index (χ4v) is 3.28. The van der Waals surface area contributed by atoms with Gasteiger partial charge < -0.3 is 20.5 Å². The van der Waals surface area contributed by atoms with Crippen molar-refractivity contribution in [2.45, 2.75) is 39.7 Å². The van der Waals surface area contributed by atoms with E-state index in [4.69, 9.17) is 17.0 Å². The minimum absolute atomic E-state index is 0.189. The molecule has 2 N–H and O–H groups in total. The van der Waals surface area contributed by atoms with Gasteiger partial charge in [-0.2, -0.15) is 0 Å². The average Bonchev–Trinajstić information content (AvgIpc) is 2.76. The quantitative estimate of drug-likeness (QED) is 0.197. The second-order valence-corrected chi connectivity index (χ2v) is 8.39. The third kappa shape index (κ3) is 8.80.